The first kappa shape index (κ1) is 16.0. The lowest BCUT2D eigenvalue weighted by atomic mass is 10.1. The second kappa shape index (κ2) is 7.49. The summed E-state index contributed by atoms with van der Waals surface area (Å²) in [6.45, 7) is 8.68. The number of carbonyl (C=O) groups is 1. The van der Waals surface area contributed by atoms with E-state index in [2.05, 4.69) is 11.1 Å². The average Bonchev–Trinajstić information content (AvgIpc) is 2.37. The van der Waals surface area contributed by atoms with Crippen molar-refractivity contribution in [3.05, 3.63) is 22.9 Å². The van der Waals surface area contributed by atoms with Crippen molar-refractivity contribution >= 4 is 11.8 Å². The standard InChI is InChI=1S/C15H21N3O2/c1-5-7-18(10-14(19)20-6-2)15-13(9-16)11(3)8-12(4)17-15/h8H,5-7,10H2,1-4H3. The maximum absolute atomic E-state index is 11.7. The molecule has 1 aromatic rings. The van der Waals surface area contributed by atoms with Crippen LogP contribution in [-0.4, -0.2) is 30.6 Å². The fraction of sp³-hybridized carbons (Fsp3) is 0.533. The van der Waals surface area contributed by atoms with Crippen molar-refractivity contribution in [2.45, 2.75) is 34.1 Å². The molecule has 1 aromatic heterocycles. The molecule has 0 aromatic carbocycles. The second-order valence-corrected chi connectivity index (χ2v) is 4.62. The Bertz CT molecular complexity index is 521. The molecule has 0 aliphatic heterocycles. The van der Waals surface area contributed by atoms with Gasteiger partial charge in [-0.1, -0.05) is 6.92 Å². The molecule has 0 unspecified atom stereocenters. The first-order valence-electron chi connectivity index (χ1n) is 6.82. The Balaban J connectivity index is 3.14. The number of ether oxygens (including phenoxy) is 1. The molecule has 0 aliphatic rings. The van der Waals surface area contributed by atoms with Gasteiger partial charge in [-0.05, 0) is 38.8 Å². The molecule has 0 aliphatic carbocycles. The molecule has 1 heterocycles. The van der Waals surface area contributed by atoms with Crippen LogP contribution < -0.4 is 4.90 Å². The van der Waals surface area contributed by atoms with E-state index in [0.717, 1.165) is 17.7 Å². The molecule has 0 spiro atoms. The lowest BCUT2D eigenvalue weighted by molar-refractivity contribution is -0.141. The quantitative estimate of drug-likeness (QED) is 0.745. The van der Waals surface area contributed by atoms with E-state index in [1.54, 1.807) is 6.92 Å². The minimum atomic E-state index is -0.300. The molecule has 0 fully saturated rings. The van der Waals surface area contributed by atoms with Gasteiger partial charge in [-0.3, -0.25) is 4.79 Å². The Morgan fingerprint density at radius 2 is 2.15 bits per heavy atom. The summed E-state index contributed by atoms with van der Waals surface area (Å²) in [5.41, 5.74) is 2.23. The van der Waals surface area contributed by atoms with E-state index in [-0.39, 0.29) is 12.5 Å². The van der Waals surface area contributed by atoms with Crippen LogP contribution in [0.4, 0.5) is 5.82 Å². The Morgan fingerprint density at radius 1 is 1.45 bits per heavy atom. The Morgan fingerprint density at radius 3 is 2.70 bits per heavy atom. The van der Waals surface area contributed by atoms with E-state index in [0.29, 0.717) is 24.5 Å². The first-order chi connectivity index (χ1) is 9.53. The number of hydrogen-bond acceptors (Lipinski definition) is 5. The van der Waals surface area contributed by atoms with Crippen molar-refractivity contribution in [2.24, 2.45) is 0 Å². The molecule has 0 bridgehead atoms. The van der Waals surface area contributed by atoms with Gasteiger partial charge in [0.15, 0.2) is 0 Å². The summed E-state index contributed by atoms with van der Waals surface area (Å²) < 4.78 is 4.98. The maximum Gasteiger partial charge on any atom is 0.325 e. The lowest BCUT2D eigenvalue weighted by Gasteiger charge is -2.24. The van der Waals surface area contributed by atoms with Crippen molar-refractivity contribution in [1.29, 1.82) is 5.26 Å². The van der Waals surface area contributed by atoms with Gasteiger partial charge in [-0.15, -0.1) is 0 Å². The minimum absolute atomic E-state index is 0.117. The first-order valence-corrected chi connectivity index (χ1v) is 6.82. The van der Waals surface area contributed by atoms with Crippen LogP contribution in [-0.2, 0) is 9.53 Å². The van der Waals surface area contributed by atoms with E-state index in [4.69, 9.17) is 4.74 Å². The van der Waals surface area contributed by atoms with Crippen LogP contribution in [0.15, 0.2) is 6.07 Å². The molecular formula is C15H21N3O2. The molecular weight excluding hydrogens is 254 g/mol. The third-order valence-corrected chi connectivity index (χ3v) is 2.86. The molecule has 0 N–H and O–H groups in total. The van der Waals surface area contributed by atoms with Gasteiger partial charge in [0.25, 0.3) is 0 Å². The third kappa shape index (κ3) is 3.95. The van der Waals surface area contributed by atoms with Gasteiger partial charge in [0.2, 0.25) is 0 Å². The summed E-state index contributed by atoms with van der Waals surface area (Å²) in [6.07, 6.45) is 0.860. The summed E-state index contributed by atoms with van der Waals surface area (Å²) >= 11 is 0. The van der Waals surface area contributed by atoms with Crippen LogP contribution in [0, 0.1) is 25.2 Å². The van der Waals surface area contributed by atoms with Crippen LogP contribution in [0.25, 0.3) is 0 Å². The van der Waals surface area contributed by atoms with Gasteiger partial charge in [0.05, 0.1) is 12.2 Å². The van der Waals surface area contributed by atoms with Crippen LogP contribution in [0.2, 0.25) is 0 Å². The van der Waals surface area contributed by atoms with Gasteiger partial charge >= 0.3 is 5.97 Å². The molecule has 0 saturated heterocycles. The molecule has 0 amide bonds. The smallest absolute Gasteiger partial charge is 0.325 e. The van der Waals surface area contributed by atoms with Gasteiger partial charge in [0, 0.05) is 12.2 Å². The number of esters is 1. The number of carbonyl (C=O) groups excluding carboxylic acids is 1. The van der Waals surface area contributed by atoms with Crippen LogP contribution in [0.5, 0.6) is 0 Å². The predicted octanol–water partition coefficient (Wildman–Crippen LogP) is 2.35. The Hall–Kier alpha value is -2.09. The number of anilines is 1. The zero-order valence-electron chi connectivity index (χ0n) is 12.6. The topological polar surface area (TPSA) is 66.2 Å². The number of nitrogens with zero attached hydrogens (tertiary/aromatic N) is 3. The van der Waals surface area contributed by atoms with Gasteiger partial charge in [0.1, 0.15) is 18.4 Å². The van der Waals surface area contributed by atoms with Gasteiger partial charge in [-0.25, -0.2) is 4.98 Å². The van der Waals surface area contributed by atoms with Crippen molar-refractivity contribution in [3.63, 3.8) is 0 Å². The largest absolute Gasteiger partial charge is 0.465 e. The highest BCUT2D eigenvalue weighted by Gasteiger charge is 2.18. The zero-order chi connectivity index (χ0) is 15.1. The second-order valence-electron chi connectivity index (χ2n) is 4.62. The number of hydrogen-bond donors (Lipinski definition) is 0. The molecule has 108 valence electrons. The van der Waals surface area contributed by atoms with Gasteiger partial charge in [-0.2, -0.15) is 5.26 Å². The molecule has 0 atom stereocenters. The summed E-state index contributed by atoms with van der Waals surface area (Å²) in [4.78, 5) is 17.9. The number of aromatic nitrogens is 1. The fourth-order valence-corrected chi connectivity index (χ4v) is 2.08. The third-order valence-electron chi connectivity index (χ3n) is 2.86. The van der Waals surface area contributed by atoms with Crippen molar-refractivity contribution < 1.29 is 9.53 Å². The molecule has 20 heavy (non-hydrogen) atoms. The minimum Gasteiger partial charge on any atom is -0.465 e. The van der Waals surface area contributed by atoms with Crippen molar-refractivity contribution in [2.75, 3.05) is 24.6 Å². The summed E-state index contributed by atoms with van der Waals surface area (Å²) in [5, 5.41) is 9.31. The highest BCUT2D eigenvalue weighted by Crippen LogP contribution is 2.22. The fourth-order valence-electron chi connectivity index (χ4n) is 2.08. The number of nitriles is 1. The van der Waals surface area contributed by atoms with Crippen LogP contribution >= 0.6 is 0 Å². The van der Waals surface area contributed by atoms with E-state index < -0.39 is 0 Å². The van der Waals surface area contributed by atoms with E-state index >= 15 is 0 Å². The normalized spacial score (nSPS) is 9.95. The highest BCUT2D eigenvalue weighted by molar-refractivity contribution is 5.76. The predicted molar refractivity (Wildman–Crippen MR) is 77.6 cm³/mol. The summed E-state index contributed by atoms with van der Waals surface area (Å²) in [6, 6.07) is 4.05. The van der Waals surface area contributed by atoms with Gasteiger partial charge < -0.3 is 9.64 Å². The van der Waals surface area contributed by atoms with Crippen molar-refractivity contribution in [1.82, 2.24) is 4.98 Å². The summed E-state index contributed by atoms with van der Waals surface area (Å²) in [7, 11) is 0. The number of aryl methyl sites for hydroxylation is 2. The Kier molecular flexibility index (Phi) is 5.98. The molecule has 5 nitrogen and oxygen atoms in total. The number of pyridine rings is 1. The maximum atomic E-state index is 11.7. The Labute approximate surface area is 120 Å². The van der Waals surface area contributed by atoms with E-state index in [1.807, 2.05) is 31.7 Å². The molecule has 5 heteroatoms. The monoisotopic (exact) mass is 275 g/mol. The van der Waals surface area contributed by atoms with E-state index in [1.165, 1.54) is 0 Å². The highest BCUT2D eigenvalue weighted by atomic mass is 16.5. The van der Waals surface area contributed by atoms with Crippen LogP contribution in [0.1, 0.15) is 37.1 Å². The average molecular weight is 275 g/mol. The van der Waals surface area contributed by atoms with E-state index in [9.17, 15) is 10.1 Å². The molecule has 1 rings (SSSR count). The number of rotatable bonds is 6. The summed E-state index contributed by atoms with van der Waals surface area (Å²) in [5.74, 6) is 0.269. The molecule has 0 radical (unpaired) electrons. The van der Waals surface area contributed by atoms with Crippen LogP contribution in [0.3, 0.4) is 0 Å². The lowest BCUT2D eigenvalue weighted by Crippen LogP contribution is -2.33. The van der Waals surface area contributed by atoms with Crippen molar-refractivity contribution in [3.8, 4) is 6.07 Å². The zero-order valence-corrected chi connectivity index (χ0v) is 12.6. The molecule has 0 saturated carbocycles. The SMILES string of the molecule is CCCN(CC(=O)OCC)c1nc(C)cc(C)c1C#N.